The lowest BCUT2D eigenvalue weighted by atomic mass is 10.1. The molecule has 0 heterocycles. The van der Waals surface area contributed by atoms with Crippen molar-refractivity contribution in [2.45, 2.75) is 13.3 Å². The molecule has 0 fully saturated rings. The van der Waals surface area contributed by atoms with Crippen LogP contribution < -0.4 is 0 Å². The molecule has 1 aromatic rings. The van der Waals surface area contributed by atoms with Gasteiger partial charge in [-0.05, 0) is 30.7 Å². The van der Waals surface area contributed by atoms with Gasteiger partial charge in [0.2, 0.25) is 0 Å². The molecule has 0 radical (unpaired) electrons. The number of carbonyl (C=O) groups excluding carboxylic acids is 1. The summed E-state index contributed by atoms with van der Waals surface area (Å²) in [5, 5.41) is 8.79. The highest BCUT2D eigenvalue weighted by atomic mass is 16.4. The van der Waals surface area contributed by atoms with Gasteiger partial charge in [-0.25, -0.2) is 4.79 Å². The first-order valence-electron chi connectivity index (χ1n) is 4.41. The molecule has 3 heteroatoms. The average Bonchev–Trinajstić information content (AvgIpc) is 2.17. The quantitative estimate of drug-likeness (QED) is 0.585. The van der Waals surface area contributed by atoms with Crippen LogP contribution in [0.25, 0.3) is 0 Å². The Balaban J connectivity index is 2.98. The Morgan fingerprint density at radius 2 is 2.27 bits per heavy atom. The van der Waals surface area contributed by atoms with Gasteiger partial charge in [-0.3, -0.25) is 0 Å². The molecule has 0 unspecified atom stereocenters. The number of hydrogen-bond donors (Lipinski definition) is 1. The Hall–Kier alpha value is -2.08. The summed E-state index contributed by atoms with van der Waals surface area (Å²) >= 11 is 0. The van der Waals surface area contributed by atoms with Crippen LogP contribution in [-0.2, 0) is 4.79 Å². The summed E-state index contributed by atoms with van der Waals surface area (Å²) in [6.07, 6.45) is 0.922. The molecular weight excluding hydrogens is 192 g/mol. The highest BCUT2D eigenvalue weighted by Crippen LogP contribution is 2.10. The minimum absolute atomic E-state index is 0.194. The summed E-state index contributed by atoms with van der Waals surface area (Å²) < 4.78 is 0. The maximum absolute atomic E-state index is 10.7. The number of benzene rings is 1. The van der Waals surface area contributed by atoms with Gasteiger partial charge in [-0.2, -0.15) is 0 Å². The fourth-order valence-corrected chi connectivity index (χ4v) is 1.18. The molecule has 0 aliphatic rings. The highest BCUT2D eigenvalue weighted by Gasteiger charge is 2.05. The molecule has 0 saturated heterocycles. The monoisotopic (exact) mass is 202 g/mol. The van der Waals surface area contributed by atoms with Crippen molar-refractivity contribution in [3.63, 3.8) is 0 Å². The summed E-state index contributed by atoms with van der Waals surface area (Å²) in [6, 6.07) is 4.85. The predicted molar refractivity (Wildman–Crippen MR) is 55.7 cm³/mol. The molecule has 0 atom stereocenters. The second kappa shape index (κ2) is 4.97. The van der Waals surface area contributed by atoms with Crippen LogP contribution in [0.5, 0.6) is 0 Å². The van der Waals surface area contributed by atoms with Gasteiger partial charge >= 0.3 is 5.97 Å². The van der Waals surface area contributed by atoms with Crippen LogP contribution in [0.4, 0.5) is 0 Å². The zero-order chi connectivity index (χ0) is 11.3. The third kappa shape index (κ3) is 2.96. The number of rotatable bonds is 2. The van der Waals surface area contributed by atoms with Crippen molar-refractivity contribution < 1.29 is 14.7 Å². The molecule has 0 amide bonds. The van der Waals surface area contributed by atoms with Gasteiger partial charge in [0.05, 0.1) is 12.0 Å². The van der Waals surface area contributed by atoms with Gasteiger partial charge in [0.25, 0.3) is 0 Å². The molecule has 0 bridgehead atoms. The summed E-state index contributed by atoms with van der Waals surface area (Å²) in [7, 11) is 0. The van der Waals surface area contributed by atoms with Crippen molar-refractivity contribution in [2.24, 2.45) is 0 Å². The Kier molecular flexibility index (Phi) is 3.64. The molecule has 0 aromatic heterocycles. The number of aromatic carboxylic acids is 1. The van der Waals surface area contributed by atoms with Crippen LogP contribution in [0, 0.1) is 18.8 Å². The molecule has 76 valence electrons. The molecule has 15 heavy (non-hydrogen) atoms. The Morgan fingerprint density at radius 3 is 2.80 bits per heavy atom. The van der Waals surface area contributed by atoms with E-state index in [1.54, 1.807) is 19.1 Å². The van der Waals surface area contributed by atoms with Crippen LogP contribution in [0.3, 0.4) is 0 Å². The fraction of sp³-hybridized carbons (Fsp3) is 0.167. The van der Waals surface area contributed by atoms with Gasteiger partial charge in [0.15, 0.2) is 0 Å². The van der Waals surface area contributed by atoms with Gasteiger partial charge in [-0.15, -0.1) is 0 Å². The molecule has 0 spiro atoms. The zero-order valence-electron chi connectivity index (χ0n) is 8.28. The fourth-order valence-electron chi connectivity index (χ4n) is 1.18. The number of hydrogen-bond acceptors (Lipinski definition) is 2. The van der Waals surface area contributed by atoms with Crippen molar-refractivity contribution in [3.8, 4) is 11.8 Å². The zero-order valence-corrected chi connectivity index (χ0v) is 8.28. The Morgan fingerprint density at radius 1 is 1.53 bits per heavy atom. The van der Waals surface area contributed by atoms with Crippen molar-refractivity contribution in [1.29, 1.82) is 0 Å². The normalized spacial score (nSPS) is 8.87. The first-order chi connectivity index (χ1) is 7.15. The molecule has 0 aliphatic carbocycles. The van der Waals surface area contributed by atoms with Crippen molar-refractivity contribution in [3.05, 3.63) is 34.9 Å². The van der Waals surface area contributed by atoms with Crippen molar-refractivity contribution in [2.75, 3.05) is 0 Å². The SMILES string of the molecule is Cc1cc(C#CCC=O)ccc1C(=O)O. The number of carboxylic acid groups (broad SMARTS) is 1. The number of carbonyl (C=O) groups is 2. The lowest BCUT2D eigenvalue weighted by Crippen LogP contribution is -1.99. The van der Waals surface area contributed by atoms with E-state index in [2.05, 4.69) is 11.8 Å². The van der Waals surface area contributed by atoms with Crippen LogP contribution in [0.15, 0.2) is 18.2 Å². The molecule has 0 saturated carbocycles. The summed E-state index contributed by atoms with van der Waals surface area (Å²) in [5.41, 5.74) is 1.66. The van der Waals surface area contributed by atoms with Gasteiger partial charge in [0.1, 0.15) is 6.29 Å². The standard InChI is InChI=1S/C12H10O3/c1-9-8-10(4-2-3-7-13)5-6-11(9)12(14)15/h5-8H,3H2,1H3,(H,14,15). The van der Waals surface area contributed by atoms with E-state index in [0.717, 1.165) is 11.8 Å². The number of carboxylic acids is 1. The summed E-state index contributed by atoms with van der Waals surface area (Å²) in [5.74, 6) is 4.50. The Bertz CT molecular complexity index is 450. The average molecular weight is 202 g/mol. The topological polar surface area (TPSA) is 54.4 Å². The smallest absolute Gasteiger partial charge is 0.335 e. The molecular formula is C12H10O3. The predicted octanol–water partition coefficient (Wildman–Crippen LogP) is 1.63. The maximum atomic E-state index is 10.7. The molecule has 1 aromatic carbocycles. The number of aryl methyl sites for hydroxylation is 1. The third-order valence-electron chi connectivity index (χ3n) is 1.87. The highest BCUT2D eigenvalue weighted by molar-refractivity contribution is 5.89. The lowest BCUT2D eigenvalue weighted by Gasteiger charge is -1.99. The summed E-state index contributed by atoms with van der Waals surface area (Å²) in [6.45, 7) is 1.72. The molecule has 1 rings (SSSR count). The minimum atomic E-state index is -0.945. The molecule has 3 nitrogen and oxygen atoms in total. The number of aldehydes is 1. The second-order valence-corrected chi connectivity index (χ2v) is 3.01. The second-order valence-electron chi connectivity index (χ2n) is 3.01. The van der Waals surface area contributed by atoms with E-state index in [1.807, 2.05) is 0 Å². The van der Waals surface area contributed by atoms with E-state index < -0.39 is 5.97 Å². The molecule has 1 N–H and O–H groups in total. The minimum Gasteiger partial charge on any atom is -0.478 e. The third-order valence-corrected chi connectivity index (χ3v) is 1.87. The lowest BCUT2D eigenvalue weighted by molar-refractivity contribution is -0.107. The largest absolute Gasteiger partial charge is 0.478 e. The first kappa shape index (κ1) is 11.0. The van der Waals surface area contributed by atoms with E-state index >= 15 is 0 Å². The van der Waals surface area contributed by atoms with Crippen molar-refractivity contribution >= 4 is 12.3 Å². The van der Waals surface area contributed by atoms with Gasteiger partial charge in [0, 0.05) is 5.56 Å². The van der Waals surface area contributed by atoms with Crippen LogP contribution >= 0.6 is 0 Å². The van der Waals surface area contributed by atoms with Crippen LogP contribution in [0.1, 0.15) is 27.9 Å². The van der Waals surface area contributed by atoms with Crippen LogP contribution in [0.2, 0.25) is 0 Å². The molecule has 0 aliphatic heterocycles. The van der Waals surface area contributed by atoms with E-state index in [1.165, 1.54) is 6.07 Å². The van der Waals surface area contributed by atoms with Gasteiger partial charge in [-0.1, -0.05) is 11.8 Å². The van der Waals surface area contributed by atoms with E-state index in [4.69, 9.17) is 5.11 Å². The van der Waals surface area contributed by atoms with E-state index in [-0.39, 0.29) is 12.0 Å². The van der Waals surface area contributed by atoms with Gasteiger partial charge < -0.3 is 9.90 Å². The van der Waals surface area contributed by atoms with E-state index in [0.29, 0.717) is 5.56 Å². The maximum Gasteiger partial charge on any atom is 0.335 e. The Labute approximate surface area is 87.7 Å². The summed E-state index contributed by atoms with van der Waals surface area (Å²) in [4.78, 5) is 20.7. The van der Waals surface area contributed by atoms with E-state index in [9.17, 15) is 9.59 Å². The van der Waals surface area contributed by atoms with Crippen molar-refractivity contribution in [1.82, 2.24) is 0 Å². The van der Waals surface area contributed by atoms with Crippen LogP contribution in [-0.4, -0.2) is 17.4 Å². The first-order valence-corrected chi connectivity index (χ1v) is 4.41.